The van der Waals surface area contributed by atoms with Crippen molar-refractivity contribution in [3.63, 3.8) is 0 Å². The number of nitrogens with zero attached hydrogens (tertiary/aromatic N) is 1. The highest BCUT2D eigenvalue weighted by atomic mass is 79.9. The summed E-state index contributed by atoms with van der Waals surface area (Å²) in [5, 5.41) is 3.44. The van der Waals surface area contributed by atoms with Gasteiger partial charge in [-0.1, -0.05) is 0 Å². The van der Waals surface area contributed by atoms with Crippen LogP contribution in [0.4, 0.5) is 5.69 Å². The van der Waals surface area contributed by atoms with Crippen LogP contribution in [0.5, 0.6) is 0 Å². The van der Waals surface area contributed by atoms with E-state index >= 15 is 0 Å². The van der Waals surface area contributed by atoms with E-state index in [9.17, 15) is 0 Å². The van der Waals surface area contributed by atoms with Crippen LogP contribution in [0.1, 0.15) is 13.3 Å². The molecule has 1 aliphatic heterocycles. The molecule has 0 saturated carbocycles. The van der Waals surface area contributed by atoms with Crippen LogP contribution in [0.25, 0.3) is 0 Å². The molecular weight excluding hydrogens is 244 g/mol. The van der Waals surface area contributed by atoms with E-state index in [0.717, 1.165) is 29.8 Å². The third-order valence-electron chi connectivity index (χ3n) is 2.37. The lowest BCUT2D eigenvalue weighted by molar-refractivity contribution is 0.185. The van der Waals surface area contributed by atoms with Gasteiger partial charge in [-0.25, -0.2) is 0 Å². The van der Waals surface area contributed by atoms with Gasteiger partial charge in [0.05, 0.1) is 24.0 Å². The van der Waals surface area contributed by atoms with Gasteiger partial charge in [-0.15, -0.1) is 0 Å². The van der Waals surface area contributed by atoms with Crippen LogP contribution in [0.3, 0.4) is 0 Å². The smallest absolute Gasteiger partial charge is 0.0694 e. The summed E-state index contributed by atoms with van der Waals surface area (Å²) in [6.07, 6.45) is 4.65. The monoisotopic (exact) mass is 256 g/mol. The normalized spacial score (nSPS) is 26.4. The lowest BCUT2D eigenvalue weighted by atomic mass is 10.0. The second kappa shape index (κ2) is 3.87. The van der Waals surface area contributed by atoms with E-state index in [0.29, 0.717) is 0 Å². The molecule has 76 valence electrons. The summed E-state index contributed by atoms with van der Waals surface area (Å²) in [5.41, 5.74) is 1.09. The number of hydrogen-bond acceptors (Lipinski definition) is 3. The van der Waals surface area contributed by atoms with Crippen LogP contribution in [0, 0.1) is 0 Å². The molecule has 1 aromatic rings. The first-order valence-corrected chi connectivity index (χ1v) is 5.44. The number of ether oxygens (including phenoxy) is 1. The van der Waals surface area contributed by atoms with Crippen molar-refractivity contribution in [1.82, 2.24) is 4.98 Å². The maximum atomic E-state index is 5.37. The lowest BCUT2D eigenvalue weighted by Crippen LogP contribution is -2.34. The molecule has 1 atom stereocenters. The minimum absolute atomic E-state index is 0.0580. The molecule has 14 heavy (non-hydrogen) atoms. The molecule has 0 radical (unpaired) electrons. The third kappa shape index (κ3) is 2.25. The maximum absolute atomic E-state index is 5.37. The summed E-state index contributed by atoms with van der Waals surface area (Å²) < 4.78 is 6.36. The van der Waals surface area contributed by atoms with E-state index in [-0.39, 0.29) is 5.54 Å². The van der Waals surface area contributed by atoms with Gasteiger partial charge in [-0.05, 0) is 35.3 Å². The van der Waals surface area contributed by atoms with Crippen molar-refractivity contribution in [2.45, 2.75) is 18.9 Å². The molecule has 2 heterocycles. The Balaban J connectivity index is 2.10. The molecule has 1 unspecified atom stereocenters. The average molecular weight is 257 g/mol. The topological polar surface area (TPSA) is 34.2 Å². The van der Waals surface area contributed by atoms with Crippen LogP contribution in [-0.2, 0) is 4.74 Å². The largest absolute Gasteiger partial charge is 0.379 e. The van der Waals surface area contributed by atoms with E-state index in [2.05, 4.69) is 33.2 Å². The fraction of sp³-hybridized carbons (Fsp3) is 0.500. The molecule has 0 aromatic carbocycles. The minimum atomic E-state index is 0.0580. The van der Waals surface area contributed by atoms with Crippen LogP contribution < -0.4 is 5.32 Å². The molecule has 3 nitrogen and oxygen atoms in total. The zero-order valence-electron chi connectivity index (χ0n) is 8.09. The van der Waals surface area contributed by atoms with Gasteiger partial charge in [0, 0.05) is 17.3 Å². The van der Waals surface area contributed by atoms with Gasteiger partial charge in [0.25, 0.3) is 0 Å². The zero-order chi connectivity index (χ0) is 10.0. The highest BCUT2D eigenvalue weighted by Gasteiger charge is 2.29. The summed E-state index contributed by atoms with van der Waals surface area (Å²) in [7, 11) is 0. The maximum Gasteiger partial charge on any atom is 0.0694 e. The van der Waals surface area contributed by atoms with E-state index < -0.39 is 0 Å². The van der Waals surface area contributed by atoms with E-state index in [4.69, 9.17) is 4.74 Å². The predicted octanol–water partition coefficient (Wildman–Crippen LogP) is 2.44. The predicted molar refractivity (Wildman–Crippen MR) is 59.4 cm³/mol. The number of halogens is 1. The van der Waals surface area contributed by atoms with Crippen molar-refractivity contribution in [3.05, 3.63) is 22.9 Å². The number of pyridine rings is 1. The van der Waals surface area contributed by atoms with Crippen LogP contribution >= 0.6 is 15.9 Å². The minimum Gasteiger partial charge on any atom is -0.379 e. The number of rotatable bonds is 2. The van der Waals surface area contributed by atoms with Crippen molar-refractivity contribution in [1.29, 1.82) is 0 Å². The zero-order valence-corrected chi connectivity index (χ0v) is 9.67. The Bertz CT molecular complexity index is 324. The van der Waals surface area contributed by atoms with Crippen LogP contribution in [-0.4, -0.2) is 23.7 Å². The van der Waals surface area contributed by atoms with Crippen LogP contribution in [0.2, 0.25) is 0 Å². The fourth-order valence-electron chi connectivity index (χ4n) is 1.59. The van der Waals surface area contributed by atoms with Crippen molar-refractivity contribution in [3.8, 4) is 0 Å². The molecule has 0 spiro atoms. The summed E-state index contributed by atoms with van der Waals surface area (Å²) in [4.78, 5) is 4.11. The van der Waals surface area contributed by atoms with Gasteiger partial charge in [0.15, 0.2) is 0 Å². The first-order chi connectivity index (χ1) is 6.68. The molecule has 1 fully saturated rings. The first-order valence-electron chi connectivity index (χ1n) is 4.64. The van der Waals surface area contributed by atoms with Gasteiger partial charge in [0.1, 0.15) is 0 Å². The molecule has 0 bridgehead atoms. The molecule has 1 saturated heterocycles. The molecule has 0 aliphatic carbocycles. The molecule has 1 N–H and O–H groups in total. The first kappa shape index (κ1) is 9.93. The summed E-state index contributed by atoms with van der Waals surface area (Å²) in [6.45, 7) is 3.77. The molecule has 4 heteroatoms. The van der Waals surface area contributed by atoms with E-state index in [1.807, 2.05) is 12.3 Å². The lowest BCUT2D eigenvalue weighted by Gasteiger charge is -2.24. The highest BCUT2D eigenvalue weighted by Crippen LogP contribution is 2.24. The standard InChI is InChI=1S/C10H13BrN2O/c1-10(2-3-14-7-10)13-9-4-8(11)5-12-6-9/h4-6,13H,2-3,7H2,1H3. The molecule has 0 amide bonds. The van der Waals surface area contributed by atoms with Crippen molar-refractivity contribution in [2.75, 3.05) is 18.5 Å². The summed E-state index contributed by atoms with van der Waals surface area (Å²) in [5.74, 6) is 0. The number of anilines is 1. The summed E-state index contributed by atoms with van der Waals surface area (Å²) >= 11 is 3.40. The third-order valence-corrected chi connectivity index (χ3v) is 2.80. The second-order valence-corrected chi connectivity index (χ2v) is 4.80. The fourth-order valence-corrected chi connectivity index (χ4v) is 1.96. The van der Waals surface area contributed by atoms with Crippen molar-refractivity contribution < 1.29 is 4.74 Å². The van der Waals surface area contributed by atoms with E-state index in [1.54, 1.807) is 6.20 Å². The Morgan fingerprint density at radius 3 is 3.07 bits per heavy atom. The van der Waals surface area contributed by atoms with Gasteiger partial charge in [-0.2, -0.15) is 0 Å². The van der Waals surface area contributed by atoms with E-state index in [1.165, 1.54) is 0 Å². The second-order valence-electron chi connectivity index (χ2n) is 3.88. The van der Waals surface area contributed by atoms with Gasteiger partial charge in [-0.3, -0.25) is 4.98 Å². The highest BCUT2D eigenvalue weighted by molar-refractivity contribution is 9.10. The van der Waals surface area contributed by atoms with Crippen LogP contribution in [0.15, 0.2) is 22.9 Å². The van der Waals surface area contributed by atoms with Gasteiger partial charge >= 0.3 is 0 Å². The Labute approximate surface area is 92.0 Å². The SMILES string of the molecule is CC1(Nc2cncc(Br)c2)CCOC1. The Hall–Kier alpha value is -0.610. The van der Waals surface area contributed by atoms with Gasteiger partial charge < -0.3 is 10.1 Å². The molecular formula is C10H13BrN2O. The van der Waals surface area contributed by atoms with Crippen molar-refractivity contribution in [2.24, 2.45) is 0 Å². The quantitative estimate of drug-likeness (QED) is 0.883. The summed E-state index contributed by atoms with van der Waals surface area (Å²) in [6, 6.07) is 2.02. The number of aromatic nitrogens is 1. The Kier molecular flexibility index (Phi) is 2.74. The average Bonchev–Trinajstić information content (AvgIpc) is 2.51. The molecule has 1 aliphatic rings. The molecule has 2 rings (SSSR count). The number of hydrogen-bond donors (Lipinski definition) is 1. The number of nitrogens with one attached hydrogen (secondary N) is 1. The van der Waals surface area contributed by atoms with Crippen molar-refractivity contribution >= 4 is 21.6 Å². The van der Waals surface area contributed by atoms with Gasteiger partial charge in [0.2, 0.25) is 0 Å². The Morgan fingerprint density at radius 2 is 2.43 bits per heavy atom. The molecule has 1 aromatic heterocycles. The Morgan fingerprint density at radius 1 is 1.57 bits per heavy atom.